The molecule has 0 bridgehead atoms. The summed E-state index contributed by atoms with van der Waals surface area (Å²) in [6.07, 6.45) is 5.21. The molecule has 0 saturated carbocycles. The van der Waals surface area contributed by atoms with E-state index in [1.165, 1.54) is 31.5 Å². The van der Waals surface area contributed by atoms with Crippen LogP contribution < -0.4 is 10.3 Å². The normalized spacial score (nSPS) is 19.1. The third kappa shape index (κ3) is 4.35. The van der Waals surface area contributed by atoms with Gasteiger partial charge < -0.3 is 4.90 Å². The Bertz CT molecular complexity index is 574. The number of nitrogens with zero attached hydrogens (tertiary/aromatic N) is 3. The average molecular weight is 328 g/mol. The van der Waals surface area contributed by atoms with Gasteiger partial charge >= 0.3 is 0 Å². The van der Waals surface area contributed by atoms with Crippen molar-refractivity contribution in [2.75, 3.05) is 37.6 Å². The third-order valence-corrected chi connectivity index (χ3v) is 4.92. The molecule has 0 spiro atoms. The summed E-state index contributed by atoms with van der Waals surface area (Å²) in [7, 11) is 0. The number of unbranched alkanes of at least 4 members (excludes halogenated alkanes) is 2. The van der Waals surface area contributed by atoms with Crippen LogP contribution in [-0.2, 0) is 4.79 Å². The van der Waals surface area contributed by atoms with Gasteiger partial charge in [0.15, 0.2) is 0 Å². The fraction of sp³-hybridized carbons (Fsp3) is 0.579. The maximum absolute atomic E-state index is 11.2. The van der Waals surface area contributed by atoms with E-state index >= 15 is 0 Å². The highest BCUT2D eigenvalue weighted by atomic mass is 16.2. The quantitative estimate of drug-likeness (QED) is 0.817. The number of benzene rings is 1. The number of rotatable bonds is 6. The summed E-state index contributed by atoms with van der Waals surface area (Å²) in [5.41, 5.74) is 5.93. The molecule has 0 radical (unpaired) electrons. The first-order valence-electron chi connectivity index (χ1n) is 9.19. The minimum absolute atomic E-state index is 0.00665. The van der Waals surface area contributed by atoms with Crippen LogP contribution in [0.5, 0.6) is 0 Å². The summed E-state index contributed by atoms with van der Waals surface area (Å²) in [5, 5.41) is 4.17. The summed E-state index contributed by atoms with van der Waals surface area (Å²) in [6, 6.07) is 8.61. The van der Waals surface area contributed by atoms with E-state index in [1.807, 2.05) is 0 Å². The maximum atomic E-state index is 11.2. The number of hydrazone groups is 1. The summed E-state index contributed by atoms with van der Waals surface area (Å²) in [6.45, 7) is 8.01. The van der Waals surface area contributed by atoms with Gasteiger partial charge in [0.05, 0.1) is 5.71 Å². The number of hydrogen-bond acceptors (Lipinski definition) is 4. The zero-order valence-corrected chi connectivity index (χ0v) is 14.6. The van der Waals surface area contributed by atoms with Gasteiger partial charge in [0.1, 0.15) is 0 Å². The van der Waals surface area contributed by atoms with E-state index in [4.69, 9.17) is 0 Å². The van der Waals surface area contributed by atoms with E-state index in [1.54, 1.807) is 0 Å². The van der Waals surface area contributed by atoms with Crippen LogP contribution in [0.1, 0.15) is 44.6 Å². The van der Waals surface area contributed by atoms with Crippen LogP contribution in [0.15, 0.2) is 29.4 Å². The lowest BCUT2D eigenvalue weighted by Crippen LogP contribution is -2.46. The SMILES string of the molecule is CCCCCN1CCN(c2ccc(C3=NNC(=O)CC3)cc2)CC1. The number of hydrogen-bond donors (Lipinski definition) is 1. The standard InChI is InChI=1S/C19H28N4O/c1-2-3-4-11-22-12-14-23(15-13-22)17-7-5-16(6-8-17)18-9-10-19(24)21-20-18/h5-8H,2-4,9-15H2,1H3,(H,21,24). The Labute approximate surface area is 144 Å². The Morgan fingerprint density at radius 3 is 2.42 bits per heavy atom. The predicted octanol–water partition coefficient (Wildman–Crippen LogP) is 2.61. The topological polar surface area (TPSA) is 47.9 Å². The Morgan fingerprint density at radius 2 is 1.79 bits per heavy atom. The lowest BCUT2D eigenvalue weighted by Gasteiger charge is -2.36. The van der Waals surface area contributed by atoms with Crippen LogP contribution >= 0.6 is 0 Å². The number of anilines is 1. The second kappa shape index (κ2) is 8.29. The molecule has 1 saturated heterocycles. The van der Waals surface area contributed by atoms with E-state index in [9.17, 15) is 4.79 Å². The highest BCUT2D eigenvalue weighted by molar-refractivity contribution is 6.04. The molecular formula is C19H28N4O. The number of carbonyl (C=O) groups excluding carboxylic acids is 1. The van der Waals surface area contributed by atoms with Crippen LogP contribution in [-0.4, -0.2) is 49.2 Å². The van der Waals surface area contributed by atoms with Crippen molar-refractivity contribution in [1.82, 2.24) is 10.3 Å². The van der Waals surface area contributed by atoms with E-state index in [-0.39, 0.29) is 5.91 Å². The Hall–Kier alpha value is -1.88. The molecule has 0 aliphatic carbocycles. The summed E-state index contributed by atoms with van der Waals surface area (Å²) >= 11 is 0. The monoisotopic (exact) mass is 328 g/mol. The third-order valence-electron chi connectivity index (χ3n) is 4.92. The van der Waals surface area contributed by atoms with Crippen molar-refractivity contribution in [2.24, 2.45) is 5.10 Å². The first kappa shape index (κ1) is 17.0. The molecule has 2 aliphatic heterocycles. The molecule has 1 fully saturated rings. The molecule has 1 aromatic carbocycles. The van der Waals surface area contributed by atoms with Gasteiger partial charge in [0, 0.05) is 44.7 Å². The van der Waals surface area contributed by atoms with Gasteiger partial charge in [0.25, 0.3) is 0 Å². The van der Waals surface area contributed by atoms with Crippen LogP contribution in [0.3, 0.4) is 0 Å². The van der Waals surface area contributed by atoms with Gasteiger partial charge in [-0.25, -0.2) is 5.43 Å². The van der Waals surface area contributed by atoms with Crippen molar-refractivity contribution >= 4 is 17.3 Å². The largest absolute Gasteiger partial charge is 0.369 e. The van der Waals surface area contributed by atoms with Gasteiger partial charge in [0.2, 0.25) is 5.91 Å². The zero-order chi connectivity index (χ0) is 16.8. The highest BCUT2D eigenvalue weighted by Gasteiger charge is 2.17. The van der Waals surface area contributed by atoms with Crippen LogP contribution in [0.25, 0.3) is 0 Å². The van der Waals surface area contributed by atoms with Gasteiger partial charge in [-0.2, -0.15) is 5.10 Å². The van der Waals surface area contributed by atoms with Crippen LogP contribution in [0.2, 0.25) is 0 Å². The van der Waals surface area contributed by atoms with Gasteiger partial charge in [-0.15, -0.1) is 0 Å². The Balaban J connectivity index is 1.52. The Kier molecular flexibility index (Phi) is 5.86. The van der Waals surface area contributed by atoms with Crippen LogP contribution in [0.4, 0.5) is 5.69 Å². The lowest BCUT2D eigenvalue weighted by molar-refractivity contribution is -0.121. The summed E-state index contributed by atoms with van der Waals surface area (Å²) in [5.74, 6) is 0.00665. The molecule has 1 amide bonds. The predicted molar refractivity (Wildman–Crippen MR) is 98.5 cm³/mol. The van der Waals surface area contributed by atoms with E-state index in [2.05, 4.69) is 51.5 Å². The molecule has 2 heterocycles. The van der Waals surface area contributed by atoms with Crippen molar-refractivity contribution in [2.45, 2.75) is 39.0 Å². The van der Waals surface area contributed by atoms with Gasteiger partial charge in [-0.05, 0) is 30.7 Å². The molecule has 0 unspecified atom stereocenters. The minimum atomic E-state index is 0.00665. The molecule has 0 atom stereocenters. The molecule has 0 aromatic heterocycles. The van der Waals surface area contributed by atoms with Crippen molar-refractivity contribution in [3.63, 3.8) is 0 Å². The summed E-state index contributed by atoms with van der Waals surface area (Å²) in [4.78, 5) is 16.2. The van der Waals surface area contributed by atoms with Crippen molar-refractivity contribution in [3.8, 4) is 0 Å². The molecular weight excluding hydrogens is 300 g/mol. The number of nitrogens with one attached hydrogen (secondary N) is 1. The average Bonchev–Trinajstić information content (AvgIpc) is 2.63. The highest BCUT2D eigenvalue weighted by Crippen LogP contribution is 2.19. The first-order valence-corrected chi connectivity index (χ1v) is 9.19. The molecule has 1 N–H and O–H groups in total. The fourth-order valence-corrected chi connectivity index (χ4v) is 3.36. The maximum Gasteiger partial charge on any atom is 0.240 e. The second-order valence-electron chi connectivity index (χ2n) is 6.68. The van der Waals surface area contributed by atoms with Crippen molar-refractivity contribution in [1.29, 1.82) is 0 Å². The molecule has 24 heavy (non-hydrogen) atoms. The second-order valence-corrected chi connectivity index (χ2v) is 6.68. The molecule has 2 aliphatic rings. The molecule has 130 valence electrons. The van der Waals surface area contributed by atoms with Crippen molar-refractivity contribution in [3.05, 3.63) is 29.8 Å². The fourth-order valence-electron chi connectivity index (χ4n) is 3.36. The van der Waals surface area contributed by atoms with Gasteiger partial charge in [-0.1, -0.05) is 31.9 Å². The number of piperazine rings is 1. The number of amides is 1. The van der Waals surface area contributed by atoms with Gasteiger partial charge in [-0.3, -0.25) is 9.69 Å². The molecule has 5 heteroatoms. The lowest BCUT2D eigenvalue weighted by atomic mass is 10.0. The minimum Gasteiger partial charge on any atom is -0.369 e. The summed E-state index contributed by atoms with van der Waals surface area (Å²) < 4.78 is 0. The first-order chi connectivity index (χ1) is 11.8. The van der Waals surface area contributed by atoms with E-state index < -0.39 is 0 Å². The molecule has 5 nitrogen and oxygen atoms in total. The number of carbonyl (C=O) groups is 1. The van der Waals surface area contributed by atoms with E-state index in [0.29, 0.717) is 6.42 Å². The zero-order valence-electron chi connectivity index (χ0n) is 14.6. The van der Waals surface area contributed by atoms with Crippen molar-refractivity contribution < 1.29 is 4.79 Å². The van der Waals surface area contributed by atoms with E-state index in [0.717, 1.165) is 43.9 Å². The molecule has 3 rings (SSSR count). The smallest absolute Gasteiger partial charge is 0.240 e. The van der Waals surface area contributed by atoms with Crippen LogP contribution in [0, 0.1) is 0 Å². The Morgan fingerprint density at radius 1 is 1.04 bits per heavy atom. The molecule has 1 aromatic rings.